The summed E-state index contributed by atoms with van der Waals surface area (Å²) >= 11 is 0. The Morgan fingerprint density at radius 3 is 2.28 bits per heavy atom. The highest BCUT2D eigenvalue weighted by Crippen LogP contribution is 2.61. The van der Waals surface area contributed by atoms with Gasteiger partial charge in [0.2, 0.25) is 10.0 Å². The summed E-state index contributed by atoms with van der Waals surface area (Å²) in [5.41, 5.74) is -1.38. The lowest BCUT2D eigenvalue weighted by molar-refractivity contribution is -0.167. The van der Waals surface area contributed by atoms with E-state index in [2.05, 4.69) is 4.72 Å². The number of hydrogen-bond donors (Lipinski definition) is 2. The van der Waals surface area contributed by atoms with Crippen LogP contribution in [0.3, 0.4) is 0 Å². The number of aliphatic carboxylic acids is 1. The Labute approximate surface area is 147 Å². The van der Waals surface area contributed by atoms with Gasteiger partial charge < -0.3 is 9.84 Å². The second-order valence-corrected chi connectivity index (χ2v) is 9.79. The van der Waals surface area contributed by atoms with Gasteiger partial charge in [-0.15, -0.1) is 0 Å². The molecule has 0 spiro atoms. The molecule has 1 aromatic rings. The minimum Gasteiger partial charge on any atom is -0.497 e. The fourth-order valence-corrected chi connectivity index (χ4v) is 7.15. The molecule has 0 radical (unpaired) electrons. The van der Waals surface area contributed by atoms with E-state index in [4.69, 9.17) is 4.74 Å². The maximum absolute atomic E-state index is 12.9. The number of carboxylic acids is 1. The van der Waals surface area contributed by atoms with E-state index in [0.29, 0.717) is 36.8 Å². The molecule has 5 rings (SSSR count). The topological polar surface area (TPSA) is 92.7 Å². The van der Waals surface area contributed by atoms with Crippen LogP contribution in [0.4, 0.5) is 0 Å². The Morgan fingerprint density at radius 1 is 1.16 bits per heavy atom. The zero-order valence-electron chi connectivity index (χ0n) is 14.2. The van der Waals surface area contributed by atoms with Crippen LogP contribution in [0.5, 0.6) is 5.75 Å². The molecule has 2 unspecified atom stereocenters. The third-order valence-electron chi connectivity index (χ3n) is 6.24. The maximum atomic E-state index is 12.9. The van der Waals surface area contributed by atoms with Crippen LogP contribution in [0.15, 0.2) is 29.2 Å². The zero-order chi connectivity index (χ0) is 17.9. The number of sulfonamides is 1. The van der Waals surface area contributed by atoms with Crippen molar-refractivity contribution in [2.24, 2.45) is 17.3 Å². The van der Waals surface area contributed by atoms with Crippen molar-refractivity contribution < 1.29 is 23.1 Å². The van der Waals surface area contributed by atoms with E-state index in [0.717, 1.165) is 19.3 Å². The lowest BCUT2D eigenvalue weighted by atomic mass is 9.47. The molecular formula is C18H23NO5S. The summed E-state index contributed by atoms with van der Waals surface area (Å²) in [4.78, 5) is 12.1. The van der Waals surface area contributed by atoms with Crippen molar-refractivity contribution >= 4 is 16.0 Å². The third kappa shape index (κ3) is 2.73. The van der Waals surface area contributed by atoms with Gasteiger partial charge in [-0.3, -0.25) is 4.79 Å². The zero-order valence-corrected chi connectivity index (χ0v) is 15.0. The fourth-order valence-electron chi connectivity index (χ4n) is 5.73. The molecular weight excluding hydrogens is 342 g/mol. The van der Waals surface area contributed by atoms with E-state index >= 15 is 0 Å². The highest BCUT2D eigenvalue weighted by molar-refractivity contribution is 7.89. The molecule has 2 atom stereocenters. The SMILES string of the molecule is COc1ccc(S(=O)(=O)NC23CC4CC(C2)CC(C(=O)O)(C4)C3)cc1. The molecule has 25 heavy (non-hydrogen) atoms. The fraction of sp³-hybridized carbons (Fsp3) is 0.611. The van der Waals surface area contributed by atoms with Crippen LogP contribution >= 0.6 is 0 Å². The highest BCUT2D eigenvalue weighted by atomic mass is 32.2. The van der Waals surface area contributed by atoms with Crippen molar-refractivity contribution in [1.82, 2.24) is 4.72 Å². The number of nitrogens with one attached hydrogen (secondary N) is 1. The van der Waals surface area contributed by atoms with E-state index < -0.39 is 26.9 Å². The first-order chi connectivity index (χ1) is 11.8. The first kappa shape index (κ1) is 16.8. The van der Waals surface area contributed by atoms with E-state index in [1.807, 2.05) is 0 Å². The van der Waals surface area contributed by atoms with E-state index in [1.54, 1.807) is 12.1 Å². The second-order valence-electron chi connectivity index (χ2n) is 8.11. The van der Waals surface area contributed by atoms with Gasteiger partial charge in [0.25, 0.3) is 0 Å². The van der Waals surface area contributed by atoms with Crippen molar-refractivity contribution in [3.8, 4) is 5.75 Å². The Bertz CT molecular complexity index is 787. The van der Waals surface area contributed by atoms with E-state index in [1.165, 1.54) is 19.2 Å². The quantitative estimate of drug-likeness (QED) is 0.836. The lowest BCUT2D eigenvalue weighted by Gasteiger charge is -2.60. The molecule has 4 fully saturated rings. The van der Waals surface area contributed by atoms with Crippen molar-refractivity contribution in [3.05, 3.63) is 24.3 Å². The summed E-state index contributed by atoms with van der Waals surface area (Å²) in [6, 6.07) is 6.28. The van der Waals surface area contributed by atoms with E-state index in [9.17, 15) is 18.3 Å². The normalized spacial score (nSPS) is 36.4. The number of carbonyl (C=O) groups is 1. The van der Waals surface area contributed by atoms with Crippen LogP contribution < -0.4 is 9.46 Å². The highest BCUT2D eigenvalue weighted by Gasteiger charge is 2.61. The van der Waals surface area contributed by atoms with Gasteiger partial charge in [-0.1, -0.05) is 0 Å². The molecule has 0 amide bonds. The maximum Gasteiger partial charge on any atom is 0.309 e. The van der Waals surface area contributed by atoms with Gasteiger partial charge in [0.05, 0.1) is 17.4 Å². The van der Waals surface area contributed by atoms with Crippen molar-refractivity contribution in [3.63, 3.8) is 0 Å². The molecule has 2 N–H and O–H groups in total. The minimum atomic E-state index is -3.70. The van der Waals surface area contributed by atoms with Gasteiger partial charge in [-0.25, -0.2) is 13.1 Å². The standard InChI is InChI=1S/C18H23NO5S/c1-24-14-2-4-15(5-3-14)25(22,23)19-18-9-12-6-13(10-18)8-17(7-12,11-18)16(20)21/h2-5,12-13,19H,6-11H2,1H3,(H,20,21). The molecule has 0 aromatic heterocycles. The number of carboxylic acid groups (broad SMARTS) is 1. The summed E-state index contributed by atoms with van der Waals surface area (Å²) in [5.74, 6) is 0.431. The monoisotopic (exact) mass is 365 g/mol. The molecule has 0 saturated heterocycles. The summed E-state index contributed by atoms with van der Waals surface area (Å²) in [6.07, 6.45) is 4.29. The first-order valence-corrected chi connectivity index (χ1v) is 10.2. The Hall–Kier alpha value is -1.60. The second kappa shape index (κ2) is 5.45. The summed E-state index contributed by atoms with van der Waals surface area (Å²) in [5, 5.41) is 9.78. The molecule has 7 heteroatoms. The number of benzene rings is 1. The van der Waals surface area contributed by atoms with Crippen molar-refractivity contribution in [2.45, 2.75) is 49.0 Å². The van der Waals surface area contributed by atoms with Crippen LogP contribution in [0, 0.1) is 17.3 Å². The molecule has 1 aromatic carbocycles. The predicted octanol–water partition coefficient (Wildman–Crippen LogP) is 2.40. The molecule has 4 aliphatic rings. The minimum absolute atomic E-state index is 0.188. The van der Waals surface area contributed by atoms with E-state index in [-0.39, 0.29) is 4.90 Å². The molecule has 0 heterocycles. The van der Waals surface area contributed by atoms with Gasteiger partial charge in [0.15, 0.2) is 0 Å². The summed E-state index contributed by atoms with van der Waals surface area (Å²) < 4.78 is 33.8. The Morgan fingerprint density at radius 2 is 1.76 bits per heavy atom. The summed E-state index contributed by atoms with van der Waals surface area (Å²) in [6.45, 7) is 0. The Balaban J connectivity index is 1.64. The third-order valence-corrected chi connectivity index (χ3v) is 7.83. The number of methoxy groups -OCH3 is 1. The molecule has 6 nitrogen and oxygen atoms in total. The average molecular weight is 365 g/mol. The number of ether oxygens (including phenoxy) is 1. The number of rotatable bonds is 5. The van der Waals surface area contributed by atoms with Crippen LogP contribution in [0.25, 0.3) is 0 Å². The van der Waals surface area contributed by atoms with Gasteiger partial charge in [-0.2, -0.15) is 0 Å². The summed E-state index contributed by atoms with van der Waals surface area (Å²) in [7, 11) is -2.17. The Kier molecular flexibility index (Phi) is 3.67. The van der Waals surface area contributed by atoms with Crippen LogP contribution in [-0.4, -0.2) is 32.1 Å². The van der Waals surface area contributed by atoms with Crippen LogP contribution in [0.1, 0.15) is 38.5 Å². The first-order valence-electron chi connectivity index (χ1n) is 8.67. The molecule has 4 bridgehead atoms. The number of hydrogen-bond acceptors (Lipinski definition) is 4. The van der Waals surface area contributed by atoms with Gasteiger partial charge in [0.1, 0.15) is 5.75 Å². The molecule has 4 saturated carbocycles. The molecule has 136 valence electrons. The van der Waals surface area contributed by atoms with Gasteiger partial charge in [-0.05, 0) is 74.6 Å². The smallest absolute Gasteiger partial charge is 0.309 e. The van der Waals surface area contributed by atoms with Crippen molar-refractivity contribution in [1.29, 1.82) is 0 Å². The van der Waals surface area contributed by atoms with Crippen LogP contribution in [-0.2, 0) is 14.8 Å². The van der Waals surface area contributed by atoms with Crippen molar-refractivity contribution in [2.75, 3.05) is 7.11 Å². The largest absolute Gasteiger partial charge is 0.497 e. The van der Waals surface area contributed by atoms with Crippen LogP contribution in [0.2, 0.25) is 0 Å². The molecule has 0 aliphatic heterocycles. The average Bonchev–Trinajstić information content (AvgIpc) is 2.52. The van der Waals surface area contributed by atoms with Gasteiger partial charge >= 0.3 is 5.97 Å². The van der Waals surface area contributed by atoms with Gasteiger partial charge in [0, 0.05) is 5.54 Å². The molecule has 4 aliphatic carbocycles. The predicted molar refractivity (Wildman–Crippen MR) is 90.8 cm³/mol. The lowest BCUT2D eigenvalue weighted by Crippen LogP contribution is -2.64.